The summed E-state index contributed by atoms with van der Waals surface area (Å²) in [7, 11) is 1.73. The van der Waals surface area contributed by atoms with E-state index in [1.54, 1.807) is 13.4 Å². The molecule has 0 unspecified atom stereocenters. The van der Waals surface area contributed by atoms with Crippen LogP contribution in [0.4, 0.5) is 0 Å². The van der Waals surface area contributed by atoms with Crippen molar-refractivity contribution in [3.63, 3.8) is 0 Å². The molecule has 0 radical (unpaired) electrons. The SMILES string of the molecule is COCCNCCCCc1ncnn1CC(C)C. The highest BCUT2D eigenvalue weighted by atomic mass is 16.5. The van der Waals surface area contributed by atoms with E-state index in [-0.39, 0.29) is 0 Å². The van der Waals surface area contributed by atoms with Crippen molar-refractivity contribution in [2.45, 2.75) is 39.7 Å². The first-order valence-corrected chi connectivity index (χ1v) is 6.80. The number of aryl methyl sites for hydroxylation is 1. The van der Waals surface area contributed by atoms with Crippen molar-refractivity contribution in [3.8, 4) is 0 Å². The van der Waals surface area contributed by atoms with E-state index in [2.05, 4.69) is 29.2 Å². The van der Waals surface area contributed by atoms with Crippen LogP contribution in [0.1, 0.15) is 32.5 Å². The van der Waals surface area contributed by atoms with Gasteiger partial charge in [-0.05, 0) is 25.3 Å². The lowest BCUT2D eigenvalue weighted by Gasteiger charge is -2.08. The Morgan fingerprint density at radius 3 is 2.89 bits per heavy atom. The molecule has 0 saturated heterocycles. The van der Waals surface area contributed by atoms with Crippen LogP contribution in [0.25, 0.3) is 0 Å². The minimum Gasteiger partial charge on any atom is -0.383 e. The molecule has 0 aromatic carbocycles. The zero-order valence-corrected chi connectivity index (χ0v) is 11.9. The van der Waals surface area contributed by atoms with Crippen molar-refractivity contribution in [2.24, 2.45) is 5.92 Å². The molecule has 104 valence electrons. The molecule has 0 atom stereocenters. The van der Waals surface area contributed by atoms with Gasteiger partial charge in [0.25, 0.3) is 0 Å². The number of ether oxygens (including phenoxy) is 1. The lowest BCUT2D eigenvalue weighted by molar-refractivity contribution is 0.199. The van der Waals surface area contributed by atoms with Crippen LogP contribution >= 0.6 is 0 Å². The van der Waals surface area contributed by atoms with Crippen LogP contribution in [0, 0.1) is 5.92 Å². The Morgan fingerprint density at radius 1 is 1.33 bits per heavy atom. The quantitative estimate of drug-likeness (QED) is 0.643. The highest BCUT2D eigenvalue weighted by Crippen LogP contribution is 2.04. The number of hydrogen-bond acceptors (Lipinski definition) is 4. The van der Waals surface area contributed by atoms with Gasteiger partial charge in [0.05, 0.1) is 6.61 Å². The van der Waals surface area contributed by atoms with Gasteiger partial charge in [-0.25, -0.2) is 9.67 Å². The van der Waals surface area contributed by atoms with E-state index in [1.807, 2.05) is 4.68 Å². The van der Waals surface area contributed by atoms with Crippen LogP contribution in [0.5, 0.6) is 0 Å². The van der Waals surface area contributed by atoms with Crippen molar-refractivity contribution in [1.82, 2.24) is 20.1 Å². The van der Waals surface area contributed by atoms with Crippen LogP contribution in [-0.4, -0.2) is 41.6 Å². The number of hydrogen-bond donors (Lipinski definition) is 1. The Balaban J connectivity index is 2.13. The van der Waals surface area contributed by atoms with E-state index in [1.165, 1.54) is 0 Å². The Kier molecular flexibility index (Phi) is 7.60. The molecule has 1 N–H and O–H groups in total. The molecule has 1 rings (SSSR count). The zero-order chi connectivity index (χ0) is 13.2. The molecule has 0 fully saturated rings. The second kappa shape index (κ2) is 9.05. The summed E-state index contributed by atoms with van der Waals surface area (Å²) < 4.78 is 7.01. The van der Waals surface area contributed by atoms with Crippen molar-refractivity contribution in [1.29, 1.82) is 0 Å². The van der Waals surface area contributed by atoms with Gasteiger partial charge in [0.2, 0.25) is 0 Å². The average Bonchev–Trinajstić information content (AvgIpc) is 2.75. The molecule has 18 heavy (non-hydrogen) atoms. The molecule has 0 bridgehead atoms. The fourth-order valence-corrected chi connectivity index (χ4v) is 1.81. The van der Waals surface area contributed by atoms with E-state index in [4.69, 9.17) is 4.74 Å². The van der Waals surface area contributed by atoms with Crippen LogP contribution < -0.4 is 5.32 Å². The lowest BCUT2D eigenvalue weighted by Crippen LogP contribution is -2.20. The molecule has 5 heteroatoms. The van der Waals surface area contributed by atoms with Crippen molar-refractivity contribution >= 4 is 0 Å². The molecule has 0 spiro atoms. The molecule has 0 aliphatic heterocycles. The third-order valence-corrected chi connectivity index (χ3v) is 2.72. The Bertz CT molecular complexity index is 312. The number of aromatic nitrogens is 3. The average molecular weight is 254 g/mol. The molecule has 1 aromatic rings. The maximum absolute atomic E-state index is 4.98. The maximum atomic E-state index is 4.98. The predicted octanol–water partition coefficient (Wildman–Crippen LogP) is 1.49. The molecule has 1 aromatic heterocycles. The molecule has 0 amide bonds. The van der Waals surface area contributed by atoms with Crippen LogP contribution in [0.3, 0.4) is 0 Å². The zero-order valence-electron chi connectivity index (χ0n) is 11.9. The summed E-state index contributed by atoms with van der Waals surface area (Å²) in [6.45, 7) is 8.11. The summed E-state index contributed by atoms with van der Waals surface area (Å²) in [6.07, 6.45) is 4.99. The monoisotopic (exact) mass is 254 g/mol. The van der Waals surface area contributed by atoms with E-state index >= 15 is 0 Å². The van der Waals surface area contributed by atoms with Crippen LogP contribution in [0.2, 0.25) is 0 Å². The fourth-order valence-electron chi connectivity index (χ4n) is 1.81. The van der Waals surface area contributed by atoms with Gasteiger partial charge in [-0.15, -0.1) is 0 Å². The normalized spacial score (nSPS) is 11.3. The maximum Gasteiger partial charge on any atom is 0.138 e. The van der Waals surface area contributed by atoms with Crippen LogP contribution in [-0.2, 0) is 17.7 Å². The Morgan fingerprint density at radius 2 is 2.17 bits per heavy atom. The summed E-state index contributed by atoms with van der Waals surface area (Å²) in [5.41, 5.74) is 0. The first kappa shape index (κ1) is 15.1. The third-order valence-electron chi connectivity index (χ3n) is 2.72. The highest BCUT2D eigenvalue weighted by molar-refractivity contribution is 4.84. The Hall–Kier alpha value is -0.940. The van der Waals surface area contributed by atoms with Crippen molar-refractivity contribution in [2.75, 3.05) is 26.8 Å². The highest BCUT2D eigenvalue weighted by Gasteiger charge is 2.05. The van der Waals surface area contributed by atoms with Gasteiger partial charge in [0.1, 0.15) is 12.2 Å². The molecule has 0 aliphatic rings. The van der Waals surface area contributed by atoms with Gasteiger partial charge in [0, 0.05) is 26.6 Å². The lowest BCUT2D eigenvalue weighted by atomic mass is 10.2. The van der Waals surface area contributed by atoms with Crippen molar-refractivity contribution < 1.29 is 4.74 Å². The van der Waals surface area contributed by atoms with E-state index in [0.717, 1.165) is 51.3 Å². The first-order valence-electron chi connectivity index (χ1n) is 6.80. The molecule has 0 aliphatic carbocycles. The number of methoxy groups -OCH3 is 1. The second-order valence-corrected chi connectivity index (χ2v) is 4.95. The number of unbranched alkanes of at least 4 members (excludes halogenated alkanes) is 1. The van der Waals surface area contributed by atoms with Crippen molar-refractivity contribution in [3.05, 3.63) is 12.2 Å². The third kappa shape index (κ3) is 6.12. The molecule has 1 heterocycles. The summed E-state index contributed by atoms with van der Waals surface area (Å²) in [5, 5.41) is 7.61. The summed E-state index contributed by atoms with van der Waals surface area (Å²) in [4.78, 5) is 4.33. The van der Waals surface area contributed by atoms with Gasteiger partial charge >= 0.3 is 0 Å². The molecular formula is C13H26N4O. The van der Waals surface area contributed by atoms with E-state index in [0.29, 0.717) is 5.92 Å². The van der Waals surface area contributed by atoms with E-state index < -0.39 is 0 Å². The minimum atomic E-state index is 0.612. The second-order valence-electron chi connectivity index (χ2n) is 4.95. The minimum absolute atomic E-state index is 0.612. The van der Waals surface area contributed by atoms with Gasteiger partial charge in [-0.3, -0.25) is 0 Å². The fraction of sp³-hybridized carbons (Fsp3) is 0.846. The predicted molar refractivity (Wildman–Crippen MR) is 72.5 cm³/mol. The van der Waals surface area contributed by atoms with Gasteiger partial charge in [-0.1, -0.05) is 13.8 Å². The van der Waals surface area contributed by atoms with E-state index in [9.17, 15) is 0 Å². The smallest absolute Gasteiger partial charge is 0.138 e. The topological polar surface area (TPSA) is 52.0 Å². The Labute approximate surface area is 110 Å². The molecule has 0 saturated carbocycles. The largest absolute Gasteiger partial charge is 0.383 e. The number of nitrogens with zero attached hydrogens (tertiary/aromatic N) is 3. The summed E-state index contributed by atoms with van der Waals surface area (Å²) >= 11 is 0. The number of nitrogens with one attached hydrogen (secondary N) is 1. The summed E-state index contributed by atoms with van der Waals surface area (Å²) in [6, 6.07) is 0. The standard InChI is InChI=1S/C13H26N4O/c1-12(2)10-17-13(15-11-16-17)6-4-5-7-14-8-9-18-3/h11-12,14H,4-10H2,1-3H3. The van der Waals surface area contributed by atoms with Gasteiger partial charge in [0.15, 0.2) is 0 Å². The van der Waals surface area contributed by atoms with Gasteiger partial charge < -0.3 is 10.1 Å². The summed E-state index contributed by atoms with van der Waals surface area (Å²) in [5.74, 6) is 1.72. The van der Waals surface area contributed by atoms with Crippen LogP contribution in [0.15, 0.2) is 6.33 Å². The van der Waals surface area contributed by atoms with Gasteiger partial charge in [-0.2, -0.15) is 5.10 Å². The number of rotatable bonds is 10. The molecular weight excluding hydrogens is 228 g/mol. The molecule has 5 nitrogen and oxygen atoms in total. The first-order chi connectivity index (χ1) is 8.74.